The fourth-order valence-electron chi connectivity index (χ4n) is 2.29. The lowest BCUT2D eigenvalue weighted by atomic mass is 10.2. The fraction of sp³-hybridized carbons (Fsp3) is 0.636. The van der Waals surface area contributed by atoms with Crippen LogP contribution in [0.25, 0.3) is 0 Å². The number of rotatable bonds is 3. The van der Waals surface area contributed by atoms with Crippen LogP contribution in [0.5, 0.6) is 0 Å². The topological polar surface area (TPSA) is 58.3 Å². The normalized spacial score (nSPS) is 20.7. The lowest BCUT2D eigenvalue weighted by Crippen LogP contribution is -2.38. The molecule has 0 spiro atoms. The van der Waals surface area contributed by atoms with E-state index in [4.69, 9.17) is 5.73 Å². The third-order valence-electron chi connectivity index (χ3n) is 2.93. The first kappa shape index (κ1) is 11.1. The minimum Gasteiger partial charge on any atom is -0.381 e. The standard InChI is InChI=1S/C11H19N5/c1-15(2)8-9-4-3-7-16(9)11-10(12)13-5-6-14-11/h5-6,9H,3-4,7-8H2,1-2H3,(H2,12,13). The van der Waals surface area contributed by atoms with Gasteiger partial charge < -0.3 is 15.5 Å². The Balaban J connectivity index is 2.17. The molecule has 88 valence electrons. The van der Waals surface area contributed by atoms with E-state index < -0.39 is 0 Å². The molecule has 0 aromatic carbocycles. The lowest BCUT2D eigenvalue weighted by Gasteiger charge is -2.28. The van der Waals surface area contributed by atoms with Gasteiger partial charge in [-0.25, -0.2) is 9.97 Å². The van der Waals surface area contributed by atoms with Gasteiger partial charge >= 0.3 is 0 Å². The molecule has 0 radical (unpaired) electrons. The molecule has 2 N–H and O–H groups in total. The summed E-state index contributed by atoms with van der Waals surface area (Å²) in [5, 5.41) is 0. The van der Waals surface area contributed by atoms with Crippen molar-refractivity contribution in [1.82, 2.24) is 14.9 Å². The Morgan fingerprint density at radius 1 is 1.44 bits per heavy atom. The molecule has 1 fully saturated rings. The second-order valence-electron chi connectivity index (χ2n) is 4.52. The van der Waals surface area contributed by atoms with Crippen LogP contribution in [0.1, 0.15) is 12.8 Å². The molecule has 1 aliphatic rings. The van der Waals surface area contributed by atoms with Crippen LogP contribution in [-0.4, -0.2) is 48.1 Å². The first-order chi connectivity index (χ1) is 7.68. The van der Waals surface area contributed by atoms with Crippen LogP contribution in [-0.2, 0) is 0 Å². The van der Waals surface area contributed by atoms with Crippen molar-refractivity contribution < 1.29 is 0 Å². The van der Waals surface area contributed by atoms with E-state index in [0.717, 1.165) is 18.9 Å². The molecule has 2 rings (SSSR count). The van der Waals surface area contributed by atoms with Crippen LogP contribution >= 0.6 is 0 Å². The molecular formula is C11H19N5. The minimum atomic E-state index is 0.508. The number of nitrogen functional groups attached to an aromatic ring is 1. The first-order valence-electron chi connectivity index (χ1n) is 5.66. The summed E-state index contributed by atoms with van der Waals surface area (Å²) in [7, 11) is 4.19. The Morgan fingerprint density at radius 2 is 2.19 bits per heavy atom. The van der Waals surface area contributed by atoms with Gasteiger partial charge in [-0.05, 0) is 26.9 Å². The molecule has 1 saturated heterocycles. The van der Waals surface area contributed by atoms with Gasteiger partial charge in [0.1, 0.15) is 0 Å². The molecular weight excluding hydrogens is 202 g/mol. The Labute approximate surface area is 96.3 Å². The van der Waals surface area contributed by atoms with Gasteiger partial charge in [0.2, 0.25) is 0 Å². The Morgan fingerprint density at radius 3 is 2.88 bits per heavy atom. The summed E-state index contributed by atoms with van der Waals surface area (Å²) >= 11 is 0. The number of hydrogen-bond donors (Lipinski definition) is 1. The summed E-state index contributed by atoms with van der Waals surface area (Å²) in [5.74, 6) is 1.38. The molecule has 0 saturated carbocycles. The Hall–Kier alpha value is -1.36. The van der Waals surface area contributed by atoms with Gasteiger partial charge in [0.15, 0.2) is 11.6 Å². The Kier molecular flexibility index (Phi) is 3.24. The zero-order valence-corrected chi connectivity index (χ0v) is 9.93. The molecule has 0 amide bonds. The molecule has 1 aromatic heterocycles. The van der Waals surface area contributed by atoms with Crippen LogP contribution < -0.4 is 10.6 Å². The quantitative estimate of drug-likeness (QED) is 0.809. The number of nitrogens with zero attached hydrogens (tertiary/aromatic N) is 4. The second kappa shape index (κ2) is 4.65. The largest absolute Gasteiger partial charge is 0.381 e. The molecule has 5 heteroatoms. The van der Waals surface area contributed by atoms with E-state index in [1.54, 1.807) is 12.4 Å². The van der Waals surface area contributed by atoms with Crippen LogP contribution in [0.15, 0.2) is 12.4 Å². The van der Waals surface area contributed by atoms with Gasteiger partial charge in [0.05, 0.1) is 0 Å². The van der Waals surface area contributed by atoms with Crippen LogP contribution in [0, 0.1) is 0 Å². The number of hydrogen-bond acceptors (Lipinski definition) is 5. The zero-order valence-electron chi connectivity index (χ0n) is 9.93. The molecule has 1 unspecified atom stereocenters. The first-order valence-corrected chi connectivity index (χ1v) is 5.66. The maximum absolute atomic E-state index is 5.86. The van der Waals surface area contributed by atoms with E-state index >= 15 is 0 Å². The molecule has 5 nitrogen and oxygen atoms in total. The van der Waals surface area contributed by atoms with Gasteiger partial charge in [-0.1, -0.05) is 0 Å². The van der Waals surface area contributed by atoms with Crippen molar-refractivity contribution in [2.24, 2.45) is 0 Å². The molecule has 1 aromatic rings. The third-order valence-corrected chi connectivity index (χ3v) is 2.93. The third kappa shape index (κ3) is 2.24. The highest BCUT2D eigenvalue weighted by atomic mass is 15.3. The highest BCUT2D eigenvalue weighted by Crippen LogP contribution is 2.26. The van der Waals surface area contributed by atoms with Crippen molar-refractivity contribution in [2.45, 2.75) is 18.9 Å². The summed E-state index contributed by atoms with van der Waals surface area (Å²) in [6, 6.07) is 0.508. The summed E-state index contributed by atoms with van der Waals surface area (Å²) < 4.78 is 0. The van der Waals surface area contributed by atoms with E-state index in [9.17, 15) is 0 Å². The lowest BCUT2D eigenvalue weighted by molar-refractivity contribution is 0.371. The highest BCUT2D eigenvalue weighted by molar-refractivity contribution is 5.58. The van der Waals surface area contributed by atoms with Crippen LogP contribution in [0.4, 0.5) is 11.6 Å². The molecule has 0 bridgehead atoms. The molecule has 0 aliphatic carbocycles. The smallest absolute Gasteiger partial charge is 0.171 e. The Bertz CT molecular complexity index is 352. The van der Waals surface area contributed by atoms with Crippen molar-refractivity contribution in [1.29, 1.82) is 0 Å². The van der Waals surface area contributed by atoms with E-state index in [0.29, 0.717) is 11.9 Å². The maximum Gasteiger partial charge on any atom is 0.171 e. The maximum atomic E-state index is 5.86. The van der Waals surface area contributed by atoms with Crippen molar-refractivity contribution in [3.8, 4) is 0 Å². The monoisotopic (exact) mass is 221 g/mol. The highest BCUT2D eigenvalue weighted by Gasteiger charge is 2.27. The average molecular weight is 221 g/mol. The van der Waals surface area contributed by atoms with E-state index in [-0.39, 0.29) is 0 Å². The van der Waals surface area contributed by atoms with Gasteiger partial charge in [-0.2, -0.15) is 0 Å². The van der Waals surface area contributed by atoms with Crippen molar-refractivity contribution in [3.63, 3.8) is 0 Å². The fourth-order valence-corrected chi connectivity index (χ4v) is 2.29. The van der Waals surface area contributed by atoms with Crippen LogP contribution in [0.3, 0.4) is 0 Å². The SMILES string of the molecule is CN(C)CC1CCCN1c1nccnc1N. The average Bonchev–Trinajstić information content (AvgIpc) is 2.66. The van der Waals surface area contributed by atoms with Gasteiger partial charge in [0, 0.05) is 31.5 Å². The van der Waals surface area contributed by atoms with Crippen molar-refractivity contribution in [3.05, 3.63) is 12.4 Å². The van der Waals surface area contributed by atoms with Crippen LogP contribution in [0.2, 0.25) is 0 Å². The van der Waals surface area contributed by atoms with Gasteiger partial charge in [-0.15, -0.1) is 0 Å². The van der Waals surface area contributed by atoms with Crippen molar-refractivity contribution >= 4 is 11.6 Å². The minimum absolute atomic E-state index is 0.508. The van der Waals surface area contributed by atoms with Gasteiger partial charge in [-0.3, -0.25) is 0 Å². The summed E-state index contributed by atoms with van der Waals surface area (Å²) in [5.41, 5.74) is 5.86. The van der Waals surface area contributed by atoms with E-state index in [2.05, 4.69) is 33.9 Å². The van der Waals surface area contributed by atoms with Gasteiger partial charge in [0.25, 0.3) is 0 Å². The molecule has 1 atom stereocenters. The van der Waals surface area contributed by atoms with E-state index in [1.165, 1.54) is 12.8 Å². The summed E-state index contributed by atoms with van der Waals surface area (Å²) in [6.07, 6.45) is 5.75. The second-order valence-corrected chi connectivity index (χ2v) is 4.52. The predicted molar refractivity (Wildman–Crippen MR) is 65.4 cm³/mol. The summed E-state index contributed by atoms with van der Waals surface area (Å²) in [4.78, 5) is 12.9. The number of likely N-dealkylation sites (N-methyl/N-ethyl adjacent to an activating group) is 1. The number of nitrogens with two attached hydrogens (primary N) is 1. The number of anilines is 2. The van der Waals surface area contributed by atoms with E-state index in [1.807, 2.05) is 0 Å². The zero-order chi connectivity index (χ0) is 11.5. The summed E-state index contributed by atoms with van der Waals surface area (Å²) in [6.45, 7) is 2.07. The molecule has 2 heterocycles. The molecule has 1 aliphatic heterocycles. The van der Waals surface area contributed by atoms with Crippen molar-refractivity contribution in [2.75, 3.05) is 37.8 Å². The number of aromatic nitrogens is 2. The predicted octanol–water partition coefficient (Wildman–Crippen LogP) is 0.589. The molecule has 16 heavy (non-hydrogen) atoms.